The lowest BCUT2D eigenvalue weighted by Gasteiger charge is -2.22. The molecule has 0 spiro atoms. The van der Waals surface area contributed by atoms with E-state index in [2.05, 4.69) is 10.6 Å². The number of rotatable bonds is 7. The Kier molecular flexibility index (Phi) is 7.59. The van der Waals surface area contributed by atoms with Crippen LogP contribution in [-0.2, 0) is 9.59 Å². The van der Waals surface area contributed by atoms with Gasteiger partial charge in [-0.3, -0.25) is 9.59 Å². The average molecular weight is 287 g/mol. The molecule has 110 valence electrons. The highest BCUT2D eigenvalue weighted by atomic mass is 32.1. The normalized spacial score (nSPS) is 14.1. The van der Waals surface area contributed by atoms with E-state index in [9.17, 15) is 9.59 Å². The maximum Gasteiger partial charge on any atom is 0.242 e. The Hall–Kier alpha value is -1.17. The lowest BCUT2D eigenvalue weighted by molar-refractivity contribution is -0.130. The van der Waals surface area contributed by atoms with E-state index in [1.54, 1.807) is 6.92 Å². The first-order chi connectivity index (χ1) is 8.66. The molecule has 4 N–H and O–H groups in total. The van der Waals surface area contributed by atoms with E-state index in [1.807, 2.05) is 27.7 Å². The first-order valence-electron chi connectivity index (χ1n) is 6.54. The number of thiocarbonyl (C=S) groups is 1. The van der Waals surface area contributed by atoms with Gasteiger partial charge in [0.15, 0.2) is 0 Å². The zero-order valence-electron chi connectivity index (χ0n) is 12.3. The zero-order chi connectivity index (χ0) is 15.2. The van der Waals surface area contributed by atoms with Crippen LogP contribution < -0.4 is 16.4 Å². The molecule has 2 amide bonds. The van der Waals surface area contributed by atoms with Gasteiger partial charge in [-0.25, -0.2) is 0 Å². The van der Waals surface area contributed by atoms with Gasteiger partial charge in [-0.15, -0.1) is 0 Å². The van der Waals surface area contributed by atoms with Crippen molar-refractivity contribution in [1.29, 1.82) is 0 Å². The molecule has 0 aromatic heterocycles. The molecule has 2 unspecified atom stereocenters. The molecule has 0 heterocycles. The van der Waals surface area contributed by atoms with Crippen molar-refractivity contribution >= 4 is 29.0 Å². The van der Waals surface area contributed by atoms with E-state index in [0.717, 1.165) is 0 Å². The van der Waals surface area contributed by atoms with Crippen molar-refractivity contribution in [2.75, 3.05) is 6.54 Å². The van der Waals surface area contributed by atoms with Crippen molar-refractivity contribution in [3.8, 4) is 0 Å². The van der Waals surface area contributed by atoms with Gasteiger partial charge < -0.3 is 16.4 Å². The van der Waals surface area contributed by atoms with Gasteiger partial charge >= 0.3 is 0 Å². The number of amides is 2. The van der Waals surface area contributed by atoms with Gasteiger partial charge in [-0.05, 0) is 18.8 Å². The first-order valence-corrected chi connectivity index (χ1v) is 6.95. The van der Waals surface area contributed by atoms with Crippen molar-refractivity contribution in [2.24, 2.45) is 23.5 Å². The standard InChI is InChI=1S/C13H25N3O2S/c1-7(2)6-15-12(17)9(5)16-13(18)10(8(3)4)11(14)19/h7-10H,6H2,1-5H3,(H2,14,19)(H,15,17)(H,16,18). The van der Waals surface area contributed by atoms with E-state index in [0.29, 0.717) is 12.5 Å². The molecule has 0 aromatic rings. The molecule has 0 aliphatic heterocycles. The molecule has 0 saturated heterocycles. The van der Waals surface area contributed by atoms with Gasteiger partial charge in [-0.1, -0.05) is 39.9 Å². The van der Waals surface area contributed by atoms with E-state index < -0.39 is 12.0 Å². The van der Waals surface area contributed by atoms with Crippen LogP contribution in [0.1, 0.15) is 34.6 Å². The molecule has 0 aromatic carbocycles. The van der Waals surface area contributed by atoms with Crippen LogP contribution in [-0.4, -0.2) is 29.4 Å². The maximum absolute atomic E-state index is 12.0. The van der Waals surface area contributed by atoms with Crippen LogP contribution in [0.25, 0.3) is 0 Å². The van der Waals surface area contributed by atoms with E-state index in [4.69, 9.17) is 18.0 Å². The van der Waals surface area contributed by atoms with Gasteiger partial charge in [-0.2, -0.15) is 0 Å². The van der Waals surface area contributed by atoms with E-state index in [-0.39, 0.29) is 22.7 Å². The fourth-order valence-corrected chi connectivity index (χ4v) is 1.97. The number of nitrogens with two attached hydrogens (primary N) is 1. The van der Waals surface area contributed by atoms with Crippen LogP contribution in [0.3, 0.4) is 0 Å². The summed E-state index contributed by atoms with van der Waals surface area (Å²) in [7, 11) is 0. The van der Waals surface area contributed by atoms with Gasteiger partial charge in [0.25, 0.3) is 0 Å². The largest absolute Gasteiger partial charge is 0.393 e. The van der Waals surface area contributed by atoms with Crippen LogP contribution in [0.5, 0.6) is 0 Å². The third kappa shape index (κ3) is 6.52. The molecule has 0 saturated carbocycles. The lowest BCUT2D eigenvalue weighted by Crippen LogP contribution is -2.50. The molecule has 0 aliphatic rings. The molecule has 0 rings (SSSR count). The number of carbonyl (C=O) groups is 2. The summed E-state index contributed by atoms with van der Waals surface area (Å²) in [5, 5.41) is 5.41. The smallest absolute Gasteiger partial charge is 0.242 e. The molecular weight excluding hydrogens is 262 g/mol. The van der Waals surface area contributed by atoms with Crippen LogP contribution >= 0.6 is 12.2 Å². The van der Waals surface area contributed by atoms with Gasteiger partial charge in [0, 0.05) is 6.54 Å². The molecule has 2 atom stereocenters. The Bertz CT molecular complexity index is 343. The predicted octanol–water partition coefficient (Wildman–Crippen LogP) is 0.822. The summed E-state index contributed by atoms with van der Waals surface area (Å²) in [5.41, 5.74) is 5.56. The molecule has 19 heavy (non-hydrogen) atoms. The SMILES string of the molecule is CC(C)CNC(=O)C(C)NC(=O)C(C(N)=S)C(C)C. The van der Waals surface area contributed by atoms with Crippen LogP contribution in [0, 0.1) is 17.8 Å². The third-order valence-corrected chi connectivity index (χ3v) is 2.95. The Morgan fingerprint density at radius 1 is 1.11 bits per heavy atom. The fraction of sp³-hybridized carbons (Fsp3) is 0.769. The maximum atomic E-state index is 12.0. The van der Waals surface area contributed by atoms with E-state index in [1.165, 1.54) is 0 Å². The monoisotopic (exact) mass is 287 g/mol. The molecule has 5 nitrogen and oxygen atoms in total. The van der Waals surface area contributed by atoms with Crippen molar-refractivity contribution in [1.82, 2.24) is 10.6 Å². The minimum atomic E-state index is -0.596. The van der Waals surface area contributed by atoms with Crippen LogP contribution in [0.4, 0.5) is 0 Å². The quantitative estimate of drug-likeness (QED) is 0.605. The summed E-state index contributed by atoms with van der Waals surface area (Å²) in [5.74, 6) is -0.673. The molecule has 0 radical (unpaired) electrons. The summed E-state index contributed by atoms with van der Waals surface area (Å²) in [6.45, 7) is 9.97. The predicted molar refractivity (Wildman–Crippen MR) is 80.6 cm³/mol. The second-order valence-electron chi connectivity index (χ2n) is 5.49. The first kappa shape index (κ1) is 17.8. The molecule has 0 aliphatic carbocycles. The number of hydrogen-bond donors (Lipinski definition) is 3. The molecule has 6 heteroatoms. The van der Waals surface area contributed by atoms with Crippen molar-refractivity contribution in [2.45, 2.75) is 40.7 Å². The van der Waals surface area contributed by atoms with Crippen molar-refractivity contribution in [3.05, 3.63) is 0 Å². The van der Waals surface area contributed by atoms with Crippen molar-refractivity contribution < 1.29 is 9.59 Å². The van der Waals surface area contributed by atoms with Crippen molar-refractivity contribution in [3.63, 3.8) is 0 Å². The lowest BCUT2D eigenvalue weighted by atomic mass is 9.94. The Labute approximate surface area is 120 Å². The molecule has 0 fully saturated rings. The second-order valence-corrected chi connectivity index (χ2v) is 5.96. The van der Waals surface area contributed by atoms with Gasteiger partial charge in [0.2, 0.25) is 11.8 Å². The highest BCUT2D eigenvalue weighted by Crippen LogP contribution is 2.11. The van der Waals surface area contributed by atoms with Gasteiger partial charge in [0.1, 0.15) is 6.04 Å². The summed E-state index contributed by atoms with van der Waals surface area (Å²) < 4.78 is 0. The Morgan fingerprint density at radius 3 is 2.00 bits per heavy atom. The summed E-state index contributed by atoms with van der Waals surface area (Å²) in [6.07, 6.45) is 0. The number of hydrogen-bond acceptors (Lipinski definition) is 3. The zero-order valence-corrected chi connectivity index (χ0v) is 13.1. The van der Waals surface area contributed by atoms with E-state index >= 15 is 0 Å². The van der Waals surface area contributed by atoms with Gasteiger partial charge in [0.05, 0.1) is 10.9 Å². The summed E-state index contributed by atoms with van der Waals surface area (Å²) in [6, 6.07) is -0.596. The third-order valence-electron chi connectivity index (χ3n) is 2.69. The minimum Gasteiger partial charge on any atom is -0.393 e. The number of carbonyl (C=O) groups excluding carboxylic acids is 2. The van der Waals surface area contributed by atoms with Crippen LogP contribution in [0.2, 0.25) is 0 Å². The molecular formula is C13H25N3O2S. The molecule has 0 bridgehead atoms. The Balaban J connectivity index is 4.46. The summed E-state index contributed by atoms with van der Waals surface area (Å²) in [4.78, 5) is 23.9. The summed E-state index contributed by atoms with van der Waals surface area (Å²) >= 11 is 4.89. The number of nitrogens with one attached hydrogen (secondary N) is 2. The minimum absolute atomic E-state index is 0.00317. The van der Waals surface area contributed by atoms with Crippen LogP contribution in [0.15, 0.2) is 0 Å². The average Bonchev–Trinajstić information content (AvgIpc) is 2.24. The topological polar surface area (TPSA) is 84.2 Å². The highest BCUT2D eigenvalue weighted by Gasteiger charge is 2.27. The Morgan fingerprint density at radius 2 is 1.63 bits per heavy atom. The highest BCUT2D eigenvalue weighted by molar-refractivity contribution is 7.80. The second kappa shape index (κ2) is 8.09. The fourth-order valence-electron chi connectivity index (χ4n) is 1.59.